The number of amides is 1. The molecule has 0 saturated heterocycles. The van der Waals surface area contributed by atoms with Crippen LogP contribution in [0, 0.1) is 0 Å². The monoisotopic (exact) mass is 193 g/mol. The fourth-order valence-corrected chi connectivity index (χ4v) is 1.63. The normalized spacial score (nSPS) is 13.6. The number of hydrogen-bond acceptors (Lipinski definition) is 1. The van der Waals surface area contributed by atoms with E-state index in [0.717, 1.165) is 5.56 Å². The summed E-state index contributed by atoms with van der Waals surface area (Å²) in [6.45, 7) is 0. The van der Waals surface area contributed by atoms with Gasteiger partial charge in [-0.25, -0.2) is 0 Å². The molecule has 76 valence electrons. The summed E-state index contributed by atoms with van der Waals surface area (Å²) in [7, 11) is 5.88. The van der Waals surface area contributed by atoms with Gasteiger partial charge in [-0.2, -0.15) is 0 Å². The molecule has 0 heterocycles. The molecule has 1 amide bonds. The molecule has 3 nitrogen and oxygen atoms in total. The van der Waals surface area contributed by atoms with Gasteiger partial charge in [-0.15, -0.1) is 0 Å². The van der Waals surface area contributed by atoms with Crippen molar-refractivity contribution in [1.29, 1.82) is 0 Å². The van der Waals surface area contributed by atoms with Crippen LogP contribution in [0.3, 0.4) is 0 Å². The third-order valence-electron chi connectivity index (χ3n) is 2.16. The van der Waals surface area contributed by atoms with Gasteiger partial charge in [-0.1, -0.05) is 30.3 Å². The van der Waals surface area contributed by atoms with Crippen LogP contribution >= 0.6 is 0 Å². The van der Waals surface area contributed by atoms with Gasteiger partial charge in [0.05, 0.1) is 21.1 Å². The molecule has 1 aromatic rings. The molecule has 0 bridgehead atoms. The van der Waals surface area contributed by atoms with Crippen molar-refractivity contribution >= 4 is 5.91 Å². The third kappa shape index (κ3) is 2.33. The Morgan fingerprint density at radius 2 is 1.71 bits per heavy atom. The van der Waals surface area contributed by atoms with E-state index in [0.29, 0.717) is 4.48 Å². The maximum absolute atomic E-state index is 11.4. The molecule has 1 rings (SSSR count). The Morgan fingerprint density at radius 3 is 2.07 bits per heavy atom. The first-order chi connectivity index (χ1) is 6.43. The quantitative estimate of drug-likeness (QED) is 0.713. The number of rotatable bonds is 3. The molecule has 0 aliphatic heterocycles. The highest BCUT2D eigenvalue weighted by atomic mass is 16.1. The smallest absolute Gasteiger partial charge is 0.280 e. The van der Waals surface area contributed by atoms with Crippen LogP contribution in [0.1, 0.15) is 11.6 Å². The van der Waals surface area contributed by atoms with E-state index >= 15 is 0 Å². The molecule has 0 aliphatic carbocycles. The molecule has 1 atom stereocenters. The summed E-state index contributed by atoms with van der Waals surface area (Å²) in [5.74, 6) is -0.288. The summed E-state index contributed by atoms with van der Waals surface area (Å²) in [6, 6.07) is 9.34. The second-order valence-electron chi connectivity index (χ2n) is 4.33. The van der Waals surface area contributed by atoms with Crippen LogP contribution in [-0.4, -0.2) is 31.5 Å². The van der Waals surface area contributed by atoms with Crippen molar-refractivity contribution in [2.45, 2.75) is 6.04 Å². The van der Waals surface area contributed by atoms with Crippen LogP contribution in [0.2, 0.25) is 0 Å². The number of hydrogen-bond donors (Lipinski definition) is 1. The first-order valence-electron chi connectivity index (χ1n) is 4.58. The van der Waals surface area contributed by atoms with Crippen molar-refractivity contribution in [2.75, 3.05) is 21.1 Å². The maximum Gasteiger partial charge on any atom is 0.280 e. The van der Waals surface area contributed by atoms with E-state index < -0.39 is 0 Å². The van der Waals surface area contributed by atoms with Crippen LogP contribution < -0.4 is 5.73 Å². The van der Waals surface area contributed by atoms with E-state index in [9.17, 15) is 4.79 Å². The summed E-state index contributed by atoms with van der Waals surface area (Å²) in [5, 5.41) is 0. The lowest BCUT2D eigenvalue weighted by Gasteiger charge is -2.31. The molecular weight excluding hydrogens is 176 g/mol. The van der Waals surface area contributed by atoms with Crippen LogP contribution in [-0.2, 0) is 4.79 Å². The highest BCUT2D eigenvalue weighted by Crippen LogP contribution is 2.22. The number of likely N-dealkylation sites (N-methyl/N-ethyl adjacent to an activating group) is 1. The second kappa shape index (κ2) is 3.80. The Hall–Kier alpha value is -1.35. The van der Waals surface area contributed by atoms with Crippen LogP contribution in [0.4, 0.5) is 0 Å². The summed E-state index contributed by atoms with van der Waals surface area (Å²) >= 11 is 0. The first kappa shape index (κ1) is 10.7. The number of nitrogens with two attached hydrogens (primary N) is 1. The van der Waals surface area contributed by atoms with Gasteiger partial charge in [-0.3, -0.25) is 4.79 Å². The Labute approximate surface area is 84.7 Å². The Kier molecular flexibility index (Phi) is 2.91. The number of primary amides is 1. The van der Waals surface area contributed by atoms with E-state index in [4.69, 9.17) is 5.73 Å². The maximum atomic E-state index is 11.4. The molecule has 14 heavy (non-hydrogen) atoms. The molecule has 1 aromatic carbocycles. The second-order valence-corrected chi connectivity index (χ2v) is 4.33. The molecule has 0 aromatic heterocycles. The van der Waals surface area contributed by atoms with Crippen molar-refractivity contribution in [3.05, 3.63) is 35.9 Å². The predicted molar refractivity (Wildman–Crippen MR) is 56.4 cm³/mol. The van der Waals surface area contributed by atoms with Crippen molar-refractivity contribution < 1.29 is 9.28 Å². The SMILES string of the molecule is C[N+](C)(C)C(C(N)=O)c1ccccc1. The summed E-state index contributed by atoms with van der Waals surface area (Å²) in [5.41, 5.74) is 6.37. The van der Waals surface area contributed by atoms with Gasteiger partial charge in [-0.05, 0) is 0 Å². The lowest BCUT2D eigenvalue weighted by atomic mass is 10.0. The number of nitrogens with zero attached hydrogens (tertiary/aromatic N) is 1. The van der Waals surface area contributed by atoms with Crippen molar-refractivity contribution in [1.82, 2.24) is 0 Å². The van der Waals surface area contributed by atoms with Crippen LogP contribution in [0.15, 0.2) is 30.3 Å². The fourth-order valence-electron chi connectivity index (χ4n) is 1.63. The zero-order chi connectivity index (χ0) is 10.8. The Morgan fingerprint density at radius 1 is 1.21 bits per heavy atom. The minimum atomic E-state index is -0.288. The highest BCUT2D eigenvalue weighted by molar-refractivity contribution is 5.80. The van der Waals surface area contributed by atoms with Gasteiger partial charge < -0.3 is 10.2 Å². The zero-order valence-electron chi connectivity index (χ0n) is 8.90. The molecule has 0 saturated carbocycles. The van der Waals surface area contributed by atoms with Gasteiger partial charge in [0.15, 0.2) is 6.04 Å². The standard InChI is InChI=1S/C11H16N2O/c1-13(2,3)10(11(12)14)9-7-5-4-6-8-9/h4-8,10H,1-3H3,(H-,12,14)/p+1. The van der Waals surface area contributed by atoms with Crippen molar-refractivity contribution in [3.63, 3.8) is 0 Å². The van der Waals surface area contributed by atoms with Gasteiger partial charge in [0.25, 0.3) is 5.91 Å². The van der Waals surface area contributed by atoms with E-state index in [-0.39, 0.29) is 11.9 Å². The number of carbonyl (C=O) groups is 1. The molecule has 3 heteroatoms. The van der Waals surface area contributed by atoms with Gasteiger partial charge >= 0.3 is 0 Å². The molecule has 2 N–H and O–H groups in total. The third-order valence-corrected chi connectivity index (χ3v) is 2.16. The average Bonchev–Trinajstić information content (AvgIpc) is 2.02. The summed E-state index contributed by atoms with van der Waals surface area (Å²) < 4.78 is 0.513. The molecule has 0 spiro atoms. The molecule has 0 radical (unpaired) electrons. The van der Waals surface area contributed by atoms with Crippen LogP contribution in [0.5, 0.6) is 0 Å². The largest absolute Gasteiger partial charge is 0.364 e. The minimum absolute atomic E-state index is 0.281. The van der Waals surface area contributed by atoms with Crippen LogP contribution in [0.25, 0.3) is 0 Å². The molecule has 0 aliphatic rings. The Bertz CT molecular complexity index is 314. The highest BCUT2D eigenvalue weighted by Gasteiger charge is 2.30. The predicted octanol–water partition coefficient (Wildman–Crippen LogP) is 0.919. The average molecular weight is 193 g/mol. The van der Waals surface area contributed by atoms with E-state index in [2.05, 4.69) is 0 Å². The molecular formula is C11H17N2O+. The van der Waals surface area contributed by atoms with E-state index in [1.165, 1.54) is 0 Å². The Balaban J connectivity index is 3.08. The minimum Gasteiger partial charge on any atom is -0.364 e. The lowest BCUT2D eigenvalue weighted by molar-refractivity contribution is -0.892. The van der Waals surface area contributed by atoms with Crippen molar-refractivity contribution in [3.8, 4) is 0 Å². The molecule has 1 unspecified atom stereocenters. The van der Waals surface area contributed by atoms with Gasteiger partial charge in [0.1, 0.15) is 0 Å². The fraction of sp³-hybridized carbons (Fsp3) is 0.364. The van der Waals surface area contributed by atoms with E-state index in [1.54, 1.807) is 0 Å². The lowest BCUT2D eigenvalue weighted by Crippen LogP contribution is -2.45. The van der Waals surface area contributed by atoms with E-state index in [1.807, 2.05) is 51.5 Å². The van der Waals surface area contributed by atoms with Gasteiger partial charge in [0.2, 0.25) is 0 Å². The molecule has 0 fully saturated rings. The number of benzene rings is 1. The van der Waals surface area contributed by atoms with Gasteiger partial charge in [0, 0.05) is 5.56 Å². The van der Waals surface area contributed by atoms with Crippen molar-refractivity contribution in [2.24, 2.45) is 5.73 Å². The first-order valence-corrected chi connectivity index (χ1v) is 4.58. The zero-order valence-corrected chi connectivity index (χ0v) is 8.90. The summed E-state index contributed by atoms with van der Waals surface area (Å²) in [6.07, 6.45) is 0. The number of carbonyl (C=O) groups excluding carboxylic acids is 1. The topological polar surface area (TPSA) is 43.1 Å². The number of quaternary nitrogens is 1. The summed E-state index contributed by atoms with van der Waals surface area (Å²) in [4.78, 5) is 11.4.